The van der Waals surface area contributed by atoms with Gasteiger partial charge in [0.2, 0.25) is 16.0 Å². The summed E-state index contributed by atoms with van der Waals surface area (Å²) in [6.45, 7) is 0.957. The maximum absolute atomic E-state index is 15.1. The Labute approximate surface area is 225 Å². The van der Waals surface area contributed by atoms with E-state index in [0.717, 1.165) is 5.69 Å². The minimum absolute atomic E-state index is 0.132. The van der Waals surface area contributed by atoms with E-state index < -0.39 is 22.0 Å². The van der Waals surface area contributed by atoms with Gasteiger partial charge in [-0.15, -0.1) is 0 Å². The molecule has 1 saturated heterocycles. The topological polar surface area (TPSA) is 112 Å². The summed E-state index contributed by atoms with van der Waals surface area (Å²) in [6.07, 6.45) is 1.02. The Morgan fingerprint density at radius 1 is 1.08 bits per heavy atom. The molecule has 204 valence electrons. The van der Waals surface area contributed by atoms with E-state index in [0.29, 0.717) is 53.3 Å². The number of pyridine rings is 1. The van der Waals surface area contributed by atoms with Crippen LogP contribution >= 0.6 is 0 Å². The quantitative estimate of drug-likeness (QED) is 0.301. The lowest BCUT2D eigenvalue weighted by atomic mass is 10.1. The Kier molecular flexibility index (Phi) is 7.58. The summed E-state index contributed by atoms with van der Waals surface area (Å²) in [4.78, 5) is 15.5. The highest BCUT2D eigenvalue weighted by molar-refractivity contribution is 7.91. The highest BCUT2D eigenvalue weighted by Crippen LogP contribution is 2.31. The van der Waals surface area contributed by atoms with Crippen LogP contribution in [-0.2, 0) is 15.8 Å². The maximum Gasteiger partial charge on any atom is 0.237 e. The second kappa shape index (κ2) is 11.1. The van der Waals surface area contributed by atoms with Gasteiger partial charge in [-0.05, 0) is 23.8 Å². The summed E-state index contributed by atoms with van der Waals surface area (Å²) >= 11 is 0. The molecular formula is C27H29F2N7O2S. The highest BCUT2D eigenvalue weighted by Gasteiger charge is 2.22. The molecule has 12 heteroatoms. The number of fused-ring (bicyclic) bond motifs is 1. The van der Waals surface area contributed by atoms with Crippen LogP contribution in [0.4, 0.5) is 26.1 Å². The van der Waals surface area contributed by atoms with Gasteiger partial charge in [-0.25, -0.2) is 32.2 Å². The molecule has 1 fully saturated rings. The van der Waals surface area contributed by atoms with Crippen LogP contribution in [0.15, 0.2) is 60.8 Å². The Balaban J connectivity index is 1.40. The van der Waals surface area contributed by atoms with Crippen LogP contribution in [0.5, 0.6) is 0 Å². The van der Waals surface area contributed by atoms with Crippen molar-refractivity contribution >= 4 is 38.4 Å². The van der Waals surface area contributed by atoms with Crippen LogP contribution in [0.2, 0.25) is 0 Å². The smallest absolute Gasteiger partial charge is 0.237 e. The number of piperidine rings is 1. The molecule has 39 heavy (non-hydrogen) atoms. The molecule has 0 aliphatic carbocycles. The summed E-state index contributed by atoms with van der Waals surface area (Å²) in [7, 11) is -0.0943. The number of aromatic nitrogens is 3. The first kappa shape index (κ1) is 26.7. The number of hydrogen-bond donors (Lipinski definition) is 3. The first-order valence-corrected chi connectivity index (χ1v) is 14.1. The molecule has 2 aromatic carbocycles. The zero-order valence-corrected chi connectivity index (χ0v) is 22.3. The lowest BCUT2D eigenvalue weighted by Gasteiger charge is -2.26. The Morgan fingerprint density at radius 3 is 2.59 bits per heavy atom. The summed E-state index contributed by atoms with van der Waals surface area (Å²) < 4.78 is 56.3. The number of nitrogens with one attached hydrogen (secondary N) is 3. The Hall–Kier alpha value is -3.90. The standard InChI is InChI=1S/C27H29F2N7O2S/c1-36(2)25-12-23(33-24-15-31-27(34-26(24)25)32-20-11-19(28)13-30-14-20)18-8-9-22(21(29)10-18)35-39(37,38)16-17-6-4-3-5-7-17/h3-10,12,15,19-20,30,35H,11,13-14,16H2,1-2H3,(H,31,32,34)/t19-,20-/m0/s1. The van der Waals surface area contributed by atoms with Gasteiger partial charge in [0, 0.05) is 45.2 Å². The van der Waals surface area contributed by atoms with Crippen LogP contribution in [0.3, 0.4) is 0 Å². The normalized spacial score (nSPS) is 17.6. The van der Waals surface area contributed by atoms with E-state index in [1.165, 1.54) is 12.1 Å². The minimum Gasteiger partial charge on any atom is -0.376 e. The second-order valence-electron chi connectivity index (χ2n) is 9.72. The van der Waals surface area contributed by atoms with Crippen LogP contribution in [-0.4, -0.2) is 62.8 Å². The molecule has 0 bridgehead atoms. The fourth-order valence-electron chi connectivity index (χ4n) is 4.50. The molecule has 9 nitrogen and oxygen atoms in total. The summed E-state index contributed by atoms with van der Waals surface area (Å²) in [6, 6.07) is 14.6. The molecule has 3 N–H and O–H groups in total. The van der Waals surface area contributed by atoms with Gasteiger partial charge in [0.15, 0.2) is 0 Å². The van der Waals surface area contributed by atoms with Gasteiger partial charge in [-0.3, -0.25) is 4.72 Å². The lowest BCUT2D eigenvalue weighted by Crippen LogP contribution is -2.44. The van der Waals surface area contributed by atoms with E-state index >= 15 is 4.39 Å². The average molecular weight is 554 g/mol. The fourth-order valence-corrected chi connectivity index (χ4v) is 5.70. The van der Waals surface area contributed by atoms with Gasteiger partial charge in [0.1, 0.15) is 23.0 Å². The average Bonchev–Trinajstić information content (AvgIpc) is 2.89. The predicted molar refractivity (Wildman–Crippen MR) is 150 cm³/mol. The van der Waals surface area contributed by atoms with Gasteiger partial charge in [0.05, 0.1) is 29.0 Å². The Morgan fingerprint density at radius 2 is 1.87 bits per heavy atom. The summed E-state index contributed by atoms with van der Waals surface area (Å²) in [5.74, 6) is -0.615. The second-order valence-corrected chi connectivity index (χ2v) is 11.4. The molecule has 1 aliphatic heterocycles. The van der Waals surface area contributed by atoms with E-state index in [1.54, 1.807) is 48.7 Å². The third-order valence-corrected chi connectivity index (χ3v) is 7.61. The van der Waals surface area contributed by atoms with Crippen molar-refractivity contribution in [1.82, 2.24) is 20.3 Å². The van der Waals surface area contributed by atoms with E-state index in [4.69, 9.17) is 0 Å². The van der Waals surface area contributed by atoms with Crippen molar-refractivity contribution in [2.45, 2.75) is 24.4 Å². The van der Waals surface area contributed by atoms with E-state index in [-0.39, 0.29) is 17.5 Å². The molecule has 0 amide bonds. The fraction of sp³-hybridized carbons (Fsp3) is 0.296. The van der Waals surface area contributed by atoms with Crippen molar-refractivity contribution < 1.29 is 17.2 Å². The van der Waals surface area contributed by atoms with Crippen molar-refractivity contribution in [3.05, 3.63) is 72.2 Å². The third kappa shape index (κ3) is 6.40. The van der Waals surface area contributed by atoms with Crippen molar-refractivity contribution in [3.8, 4) is 11.3 Å². The highest BCUT2D eigenvalue weighted by atomic mass is 32.2. The SMILES string of the molecule is CN(C)c1cc(-c2ccc(NS(=O)(=O)Cc3ccccc3)c(F)c2)nc2cnc(N[C@@H]3CNC[C@@H](F)C3)nc12. The number of benzene rings is 2. The molecule has 1 aliphatic rings. The molecule has 0 unspecified atom stereocenters. The number of anilines is 3. The van der Waals surface area contributed by atoms with Crippen LogP contribution < -0.4 is 20.3 Å². The molecule has 0 radical (unpaired) electrons. The van der Waals surface area contributed by atoms with Gasteiger partial charge in [0.25, 0.3) is 0 Å². The van der Waals surface area contributed by atoms with Crippen molar-refractivity contribution in [1.29, 1.82) is 0 Å². The Bertz CT molecular complexity index is 1590. The lowest BCUT2D eigenvalue weighted by molar-refractivity contribution is 0.254. The van der Waals surface area contributed by atoms with Gasteiger partial charge in [-0.2, -0.15) is 0 Å². The molecule has 3 heterocycles. The zero-order chi connectivity index (χ0) is 27.6. The summed E-state index contributed by atoms with van der Waals surface area (Å²) in [5, 5.41) is 6.23. The number of hydrogen-bond acceptors (Lipinski definition) is 8. The van der Waals surface area contributed by atoms with Crippen LogP contribution in [0.1, 0.15) is 12.0 Å². The van der Waals surface area contributed by atoms with Crippen molar-refractivity contribution in [3.63, 3.8) is 0 Å². The third-order valence-electron chi connectivity index (χ3n) is 6.37. The van der Waals surface area contributed by atoms with E-state index in [1.807, 2.05) is 19.0 Å². The number of halogens is 2. The van der Waals surface area contributed by atoms with Crippen LogP contribution in [0, 0.1) is 5.82 Å². The van der Waals surface area contributed by atoms with Crippen molar-refractivity contribution in [2.24, 2.45) is 0 Å². The summed E-state index contributed by atoms with van der Waals surface area (Å²) in [5.41, 5.74) is 3.22. The number of sulfonamides is 1. The molecular weight excluding hydrogens is 524 g/mol. The monoisotopic (exact) mass is 553 g/mol. The van der Waals surface area contributed by atoms with E-state index in [9.17, 15) is 12.8 Å². The first-order chi connectivity index (χ1) is 18.7. The zero-order valence-electron chi connectivity index (χ0n) is 21.5. The first-order valence-electron chi connectivity index (χ1n) is 12.5. The van der Waals surface area contributed by atoms with Gasteiger partial charge in [-0.1, -0.05) is 36.4 Å². The number of alkyl halides is 1. The van der Waals surface area contributed by atoms with E-state index in [2.05, 4.69) is 30.3 Å². The maximum atomic E-state index is 15.1. The molecule has 5 rings (SSSR count). The molecule has 2 atom stereocenters. The largest absolute Gasteiger partial charge is 0.376 e. The van der Waals surface area contributed by atoms with Crippen LogP contribution in [0.25, 0.3) is 22.3 Å². The molecule has 2 aromatic heterocycles. The number of rotatable bonds is 8. The number of nitrogens with zero attached hydrogens (tertiary/aromatic N) is 4. The minimum atomic E-state index is -3.81. The predicted octanol–water partition coefficient (Wildman–Crippen LogP) is 3.95. The van der Waals surface area contributed by atoms with Gasteiger partial charge < -0.3 is 15.5 Å². The van der Waals surface area contributed by atoms with Gasteiger partial charge >= 0.3 is 0 Å². The van der Waals surface area contributed by atoms with Crippen molar-refractivity contribution in [2.75, 3.05) is 42.1 Å². The molecule has 0 spiro atoms. The molecule has 4 aromatic rings. The molecule has 0 saturated carbocycles.